The number of likely N-dealkylation sites (tertiary alicyclic amines) is 1. The number of aryl methyl sites for hydroxylation is 2. The first-order chi connectivity index (χ1) is 14.5. The van der Waals surface area contributed by atoms with Crippen LogP contribution in [0.2, 0.25) is 0 Å². The quantitative estimate of drug-likeness (QED) is 0.712. The Morgan fingerprint density at radius 2 is 1.83 bits per heavy atom. The Kier molecular flexibility index (Phi) is 6.18. The van der Waals surface area contributed by atoms with E-state index < -0.39 is 0 Å². The highest BCUT2D eigenvalue weighted by atomic mass is 16.5. The van der Waals surface area contributed by atoms with Gasteiger partial charge in [0.15, 0.2) is 0 Å². The molecule has 0 radical (unpaired) electrons. The second-order valence-corrected chi connectivity index (χ2v) is 8.31. The Balaban J connectivity index is 1.62. The number of hydrogen-bond acceptors (Lipinski definition) is 4. The third kappa shape index (κ3) is 4.41. The summed E-state index contributed by atoms with van der Waals surface area (Å²) in [7, 11) is 0. The number of amides is 1. The standard InChI is InChI=1S/C25H31N3O2/c1-4-30-21-10-8-20(9-11-21)24-16-23(22-12-7-18(2)15-19(22)3)26-28(24)25(29)17-27-13-5-6-14-27/h7-12,15,24H,4-6,13-14,16-17H2,1-3H3/t24-/m1/s1. The van der Waals surface area contributed by atoms with Gasteiger partial charge in [-0.3, -0.25) is 9.69 Å². The number of nitrogens with zero attached hydrogens (tertiary/aromatic N) is 3. The third-order valence-electron chi connectivity index (χ3n) is 5.99. The molecule has 0 bridgehead atoms. The van der Waals surface area contributed by atoms with Crippen molar-refractivity contribution in [3.63, 3.8) is 0 Å². The molecule has 0 N–H and O–H groups in total. The van der Waals surface area contributed by atoms with Gasteiger partial charge >= 0.3 is 0 Å². The summed E-state index contributed by atoms with van der Waals surface area (Å²) in [5, 5.41) is 6.57. The van der Waals surface area contributed by atoms with Gasteiger partial charge in [-0.1, -0.05) is 35.9 Å². The minimum atomic E-state index is -0.0773. The SMILES string of the molecule is CCOc1ccc([C@H]2CC(c3ccc(C)cc3C)=NN2C(=O)CN2CCCC2)cc1. The van der Waals surface area contributed by atoms with Crippen molar-refractivity contribution in [1.82, 2.24) is 9.91 Å². The van der Waals surface area contributed by atoms with Crippen molar-refractivity contribution in [3.05, 3.63) is 64.7 Å². The molecule has 0 aromatic heterocycles. The summed E-state index contributed by atoms with van der Waals surface area (Å²) in [6.45, 7) is 9.28. The molecule has 2 aliphatic rings. The Hall–Kier alpha value is -2.66. The van der Waals surface area contributed by atoms with Gasteiger partial charge in [-0.15, -0.1) is 0 Å². The molecule has 1 amide bonds. The molecule has 2 heterocycles. The zero-order valence-electron chi connectivity index (χ0n) is 18.2. The van der Waals surface area contributed by atoms with Gasteiger partial charge in [-0.2, -0.15) is 5.10 Å². The molecule has 0 unspecified atom stereocenters. The lowest BCUT2D eigenvalue weighted by atomic mass is 9.95. The number of hydrogen-bond donors (Lipinski definition) is 0. The molecule has 158 valence electrons. The Labute approximate surface area is 179 Å². The monoisotopic (exact) mass is 405 g/mol. The largest absolute Gasteiger partial charge is 0.494 e. The number of carbonyl (C=O) groups is 1. The molecule has 2 aromatic rings. The summed E-state index contributed by atoms with van der Waals surface area (Å²) in [5.41, 5.74) is 5.65. The number of carbonyl (C=O) groups excluding carboxylic acids is 1. The summed E-state index contributed by atoms with van der Waals surface area (Å²) in [4.78, 5) is 15.5. The normalized spacial score (nSPS) is 19.2. The zero-order chi connectivity index (χ0) is 21.1. The number of rotatable bonds is 6. The van der Waals surface area contributed by atoms with E-state index in [-0.39, 0.29) is 11.9 Å². The van der Waals surface area contributed by atoms with Crippen LogP contribution in [-0.4, -0.2) is 47.8 Å². The van der Waals surface area contributed by atoms with Gasteiger partial charge in [0.25, 0.3) is 5.91 Å². The first kappa shape index (κ1) is 20.6. The van der Waals surface area contributed by atoms with E-state index >= 15 is 0 Å². The van der Waals surface area contributed by atoms with Crippen LogP contribution in [0.4, 0.5) is 0 Å². The minimum absolute atomic E-state index is 0.0773. The van der Waals surface area contributed by atoms with E-state index in [1.807, 2.05) is 19.1 Å². The third-order valence-corrected chi connectivity index (χ3v) is 5.99. The van der Waals surface area contributed by atoms with Crippen molar-refractivity contribution in [2.45, 2.75) is 46.1 Å². The molecule has 5 nitrogen and oxygen atoms in total. The topological polar surface area (TPSA) is 45.1 Å². The van der Waals surface area contributed by atoms with Crippen LogP contribution < -0.4 is 4.74 Å². The molecule has 1 fully saturated rings. The Bertz CT molecular complexity index is 930. The summed E-state index contributed by atoms with van der Waals surface area (Å²) in [6, 6.07) is 14.4. The number of ether oxygens (including phenoxy) is 1. The fourth-order valence-electron chi connectivity index (χ4n) is 4.46. The average molecular weight is 406 g/mol. The number of hydrazone groups is 1. The van der Waals surface area contributed by atoms with E-state index in [4.69, 9.17) is 9.84 Å². The lowest BCUT2D eigenvalue weighted by Crippen LogP contribution is -2.36. The fraction of sp³-hybridized carbons (Fsp3) is 0.440. The maximum absolute atomic E-state index is 13.2. The highest BCUT2D eigenvalue weighted by Gasteiger charge is 2.34. The molecule has 0 spiro atoms. The van der Waals surface area contributed by atoms with Gasteiger partial charge < -0.3 is 4.74 Å². The maximum Gasteiger partial charge on any atom is 0.257 e. The average Bonchev–Trinajstić information content (AvgIpc) is 3.39. The van der Waals surface area contributed by atoms with Crippen molar-refractivity contribution >= 4 is 11.6 Å². The van der Waals surface area contributed by atoms with Crippen molar-refractivity contribution in [2.24, 2.45) is 5.10 Å². The van der Waals surface area contributed by atoms with Gasteiger partial charge in [-0.25, -0.2) is 5.01 Å². The molecule has 4 rings (SSSR count). The van der Waals surface area contributed by atoms with Crippen LogP contribution in [0.3, 0.4) is 0 Å². The van der Waals surface area contributed by atoms with Crippen molar-refractivity contribution < 1.29 is 9.53 Å². The molecule has 2 aromatic carbocycles. The molecule has 0 aliphatic carbocycles. The predicted octanol–water partition coefficient (Wildman–Crippen LogP) is 4.48. The zero-order valence-corrected chi connectivity index (χ0v) is 18.2. The van der Waals surface area contributed by atoms with E-state index in [1.165, 1.54) is 24.0 Å². The summed E-state index contributed by atoms with van der Waals surface area (Å²) in [5.74, 6) is 0.931. The molecule has 5 heteroatoms. The van der Waals surface area contributed by atoms with Crippen molar-refractivity contribution in [1.29, 1.82) is 0 Å². The number of benzene rings is 2. The van der Waals surface area contributed by atoms with Crippen LogP contribution in [0.25, 0.3) is 0 Å². The van der Waals surface area contributed by atoms with Crippen molar-refractivity contribution in [3.8, 4) is 5.75 Å². The Morgan fingerprint density at radius 3 is 2.50 bits per heavy atom. The predicted molar refractivity (Wildman–Crippen MR) is 120 cm³/mol. The van der Waals surface area contributed by atoms with Gasteiger partial charge in [0.05, 0.1) is 24.9 Å². The highest BCUT2D eigenvalue weighted by Crippen LogP contribution is 2.34. The van der Waals surface area contributed by atoms with E-state index in [1.54, 1.807) is 5.01 Å². The van der Waals surface area contributed by atoms with Crippen LogP contribution in [0.5, 0.6) is 5.75 Å². The second-order valence-electron chi connectivity index (χ2n) is 8.31. The van der Waals surface area contributed by atoms with Gasteiger partial charge in [0.1, 0.15) is 5.75 Å². The molecular weight excluding hydrogens is 374 g/mol. The lowest BCUT2D eigenvalue weighted by Gasteiger charge is -2.24. The van der Waals surface area contributed by atoms with Crippen LogP contribution in [0.15, 0.2) is 47.6 Å². The molecule has 2 aliphatic heterocycles. The van der Waals surface area contributed by atoms with Crippen LogP contribution in [-0.2, 0) is 4.79 Å². The maximum atomic E-state index is 13.2. The highest BCUT2D eigenvalue weighted by molar-refractivity contribution is 6.04. The first-order valence-corrected chi connectivity index (χ1v) is 11.0. The van der Waals surface area contributed by atoms with E-state index in [9.17, 15) is 4.79 Å². The smallest absolute Gasteiger partial charge is 0.257 e. The van der Waals surface area contributed by atoms with Crippen LogP contribution in [0, 0.1) is 13.8 Å². The Morgan fingerprint density at radius 1 is 1.10 bits per heavy atom. The first-order valence-electron chi connectivity index (χ1n) is 11.0. The van der Waals surface area contributed by atoms with E-state index in [0.717, 1.165) is 42.1 Å². The molecule has 1 atom stereocenters. The summed E-state index contributed by atoms with van der Waals surface area (Å²) in [6.07, 6.45) is 3.07. The van der Waals surface area contributed by atoms with Crippen LogP contribution in [0.1, 0.15) is 54.5 Å². The van der Waals surface area contributed by atoms with Gasteiger partial charge in [0, 0.05) is 12.0 Å². The van der Waals surface area contributed by atoms with Crippen LogP contribution >= 0.6 is 0 Å². The molecule has 1 saturated heterocycles. The summed E-state index contributed by atoms with van der Waals surface area (Å²) < 4.78 is 5.59. The fourth-order valence-corrected chi connectivity index (χ4v) is 4.46. The molecule has 30 heavy (non-hydrogen) atoms. The summed E-state index contributed by atoms with van der Waals surface area (Å²) >= 11 is 0. The second kappa shape index (κ2) is 9.00. The van der Waals surface area contributed by atoms with Gasteiger partial charge in [-0.05, 0) is 70.0 Å². The van der Waals surface area contributed by atoms with E-state index in [0.29, 0.717) is 13.2 Å². The van der Waals surface area contributed by atoms with E-state index in [2.05, 4.69) is 49.1 Å². The molecular formula is C25H31N3O2. The molecule has 0 saturated carbocycles. The minimum Gasteiger partial charge on any atom is -0.494 e. The van der Waals surface area contributed by atoms with Crippen molar-refractivity contribution in [2.75, 3.05) is 26.2 Å². The lowest BCUT2D eigenvalue weighted by molar-refractivity contribution is -0.134. The van der Waals surface area contributed by atoms with Gasteiger partial charge in [0.2, 0.25) is 0 Å².